The molecule has 2 rings (SSSR count). The number of rotatable bonds is 3. The molecule has 1 heterocycles. The molecule has 1 saturated heterocycles. The first-order chi connectivity index (χ1) is 7.02. The van der Waals surface area contributed by atoms with Crippen LogP contribution in [-0.2, 0) is 23.8 Å². The maximum Gasteiger partial charge on any atom is 0.264 e. The van der Waals surface area contributed by atoms with Crippen molar-refractivity contribution in [3.63, 3.8) is 0 Å². The van der Waals surface area contributed by atoms with Crippen LogP contribution >= 0.6 is 0 Å². The van der Waals surface area contributed by atoms with Gasteiger partial charge < -0.3 is 9.47 Å². The van der Waals surface area contributed by atoms with E-state index in [1.165, 1.54) is 0 Å². The van der Waals surface area contributed by atoms with Gasteiger partial charge in [-0.3, -0.25) is 4.18 Å². The van der Waals surface area contributed by atoms with Crippen molar-refractivity contribution in [2.75, 3.05) is 26.1 Å². The molecular weight excluding hydrogens is 220 g/mol. The predicted octanol–water partition coefficient (Wildman–Crippen LogP) is 0.506. The van der Waals surface area contributed by atoms with Gasteiger partial charge in [-0.05, 0) is 12.8 Å². The average Bonchev–Trinajstić information content (AvgIpc) is 2.73. The minimum Gasteiger partial charge on any atom is -0.347 e. The highest BCUT2D eigenvalue weighted by molar-refractivity contribution is 7.85. The summed E-state index contributed by atoms with van der Waals surface area (Å²) in [6.45, 7) is 1.35. The quantitative estimate of drug-likeness (QED) is 0.668. The Labute approximate surface area is 89.8 Å². The van der Waals surface area contributed by atoms with E-state index in [0.29, 0.717) is 13.2 Å². The van der Waals surface area contributed by atoms with Gasteiger partial charge in [0.2, 0.25) is 0 Å². The maximum absolute atomic E-state index is 10.9. The molecule has 1 spiro atoms. The molecule has 15 heavy (non-hydrogen) atoms. The van der Waals surface area contributed by atoms with Crippen molar-refractivity contribution in [1.29, 1.82) is 0 Å². The molecule has 1 atom stereocenters. The Balaban J connectivity index is 1.96. The Morgan fingerprint density at radius 2 is 2.07 bits per heavy atom. The van der Waals surface area contributed by atoms with Gasteiger partial charge >= 0.3 is 0 Å². The monoisotopic (exact) mass is 236 g/mol. The lowest BCUT2D eigenvalue weighted by Crippen LogP contribution is -2.37. The average molecular weight is 236 g/mol. The van der Waals surface area contributed by atoms with E-state index in [2.05, 4.69) is 0 Å². The van der Waals surface area contributed by atoms with Crippen molar-refractivity contribution in [3.05, 3.63) is 0 Å². The van der Waals surface area contributed by atoms with Crippen LogP contribution in [0, 0.1) is 5.92 Å². The topological polar surface area (TPSA) is 61.8 Å². The molecule has 6 heteroatoms. The first-order valence-electron chi connectivity index (χ1n) is 5.14. The highest BCUT2D eigenvalue weighted by Gasteiger charge is 2.48. The molecule has 0 aromatic rings. The van der Waals surface area contributed by atoms with Crippen LogP contribution in [0.3, 0.4) is 0 Å². The molecule has 0 aromatic carbocycles. The molecule has 1 unspecified atom stereocenters. The first kappa shape index (κ1) is 11.3. The van der Waals surface area contributed by atoms with Gasteiger partial charge in [-0.25, -0.2) is 0 Å². The molecular formula is C9H16O5S. The number of hydrogen-bond donors (Lipinski definition) is 0. The van der Waals surface area contributed by atoms with Gasteiger partial charge in [0.1, 0.15) is 0 Å². The van der Waals surface area contributed by atoms with E-state index in [1.54, 1.807) is 0 Å². The zero-order valence-electron chi connectivity index (χ0n) is 8.77. The van der Waals surface area contributed by atoms with Crippen LogP contribution in [0.25, 0.3) is 0 Å². The summed E-state index contributed by atoms with van der Waals surface area (Å²) in [7, 11) is -3.37. The smallest absolute Gasteiger partial charge is 0.264 e. The second-order valence-corrected chi connectivity index (χ2v) is 5.73. The molecule has 1 aliphatic heterocycles. The summed E-state index contributed by atoms with van der Waals surface area (Å²) in [5.41, 5.74) is 0. The third-order valence-electron chi connectivity index (χ3n) is 2.96. The van der Waals surface area contributed by atoms with Crippen molar-refractivity contribution in [2.45, 2.75) is 25.0 Å². The molecule has 2 aliphatic rings. The van der Waals surface area contributed by atoms with Gasteiger partial charge in [0, 0.05) is 12.3 Å². The van der Waals surface area contributed by atoms with Crippen molar-refractivity contribution >= 4 is 10.1 Å². The summed E-state index contributed by atoms with van der Waals surface area (Å²) in [6.07, 6.45) is 3.79. The minimum atomic E-state index is -3.37. The SMILES string of the molecule is CS(=O)(=O)OCC1CCCC12OCCO2. The standard InChI is InChI=1S/C9H16O5S/c1-15(10,11)14-7-8-3-2-4-9(8)12-5-6-13-9/h8H,2-7H2,1H3. The van der Waals surface area contributed by atoms with Crippen molar-refractivity contribution in [2.24, 2.45) is 5.92 Å². The van der Waals surface area contributed by atoms with Gasteiger partial charge in [0.05, 0.1) is 26.1 Å². The first-order valence-corrected chi connectivity index (χ1v) is 6.96. The summed E-state index contributed by atoms with van der Waals surface area (Å²) in [4.78, 5) is 0. The fraction of sp³-hybridized carbons (Fsp3) is 1.00. The zero-order valence-corrected chi connectivity index (χ0v) is 9.59. The van der Waals surface area contributed by atoms with Crippen LogP contribution < -0.4 is 0 Å². The molecule has 2 fully saturated rings. The summed E-state index contributed by atoms with van der Waals surface area (Å²) < 4.78 is 37.8. The zero-order chi connectivity index (χ0) is 10.9. The summed E-state index contributed by atoms with van der Waals surface area (Å²) >= 11 is 0. The van der Waals surface area contributed by atoms with Gasteiger partial charge in [-0.15, -0.1) is 0 Å². The lowest BCUT2D eigenvalue weighted by Gasteiger charge is -2.28. The van der Waals surface area contributed by atoms with Crippen molar-refractivity contribution in [1.82, 2.24) is 0 Å². The molecule has 88 valence electrons. The Morgan fingerprint density at radius 1 is 1.40 bits per heavy atom. The third kappa shape index (κ3) is 2.50. The van der Waals surface area contributed by atoms with E-state index in [4.69, 9.17) is 13.7 Å². The van der Waals surface area contributed by atoms with E-state index < -0.39 is 15.9 Å². The van der Waals surface area contributed by atoms with Gasteiger partial charge in [0.15, 0.2) is 5.79 Å². The molecule has 0 aromatic heterocycles. The highest BCUT2D eigenvalue weighted by Crippen LogP contribution is 2.42. The van der Waals surface area contributed by atoms with Crippen LogP contribution in [-0.4, -0.2) is 40.3 Å². The summed E-state index contributed by atoms with van der Waals surface area (Å²) in [6, 6.07) is 0. The Bertz CT molecular complexity index is 312. The normalized spacial score (nSPS) is 30.1. The Kier molecular flexibility index (Phi) is 3.03. The van der Waals surface area contributed by atoms with Crippen LogP contribution in [0.2, 0.25) is 0 Å². The molecule has 0 bridgehead atoms. The van der Waals surface area contributed by atoms with Crippen LogP contribution in [0.4, 0.5) is 0 Å². The molecule has 0 amide bonds. The highest BCUT2D eigenvalue weighted by atomic mass is 32.2. The second-order valence-electron chi connectivity index (χ2n) is 4.09. The molecule has 1 aliphatic carbocycles. The fourth-order valence-electron chi connectivity index (χ4n) is 2.29. The Morgan fingerprint density at radius 3 is 2.67 bits per heavy atom. The number of ether oxygens (including phenoxy) is 2. The van der Waals surface area contributed by atoms with Gasteiger partial charge in [-0.2, -0.15) is 8.42 Å². The minimum absolute atomic E-state index is 0.0368. The molecule has 0 N–H and O–H groups in total. The van der Waals surface area contributed by atoms with E-state index in [-0.39, 0.29) is 12.5 Å². The summed E-state index contributed by atoms with van der Waals surface area (Å²) in [5.74, 6) is -0.528. The molecule has 5 nitrogen and oxygen atoms in total. The van der Waals surface area contributed by atoms with E-state index in [9.17, 15) is 8.42 Å². The predicted molar refractivity (Wildman–Crippen MR) is 52.8 cm³/mol. The van der Waals surface area contributed by atoms with Gasteiger partial charge in [-0.1, -0.05) is 0 Å². The van der Waals surface area contributed by atoms with Crippen LogP contribution in [0.1, 0.15) is 19.3 Å². The van der Waals surface area contributed by atoms with Crippen LogP contribution in [0.5, 0.6) is 0 Å². The summed E-state index contributed by atoms with van der Waals surface area (Å²) in [5, 5.41) is 0. The lowest BCUT2D eigenvalue weighted by molar-refractivity contribution is -0.186. The lowest BCUT2D eigenvalue weighted by atomic mass is 10.0. The number of hydrogen-bond acceptors (Lipinski definition) is 5. The molecule has 0 radical (unpaired) electrons. The fourth-order valence-corrected chi connectivity index (χ4v) is 2.70. The largest absolute Gasteiger partial charge is 0.347 e. The van der Waals surface area contributed by atoms with Crippen molar-refractivity contribution < 1.29 is 22.1 Å². The molecule has 1 saturated carbocycles. The maximum atomic E-state index is 10.9. The Hall–Kier alpha value is -0.170. The van der Waals surface area contributed by atoms with Crippen LogP contribution in [0.15, 0.2) is 0 Å². The van der Waals surface area contributed by atoms with E-state index in [0.717, 1.165) is 25.5 Å². The van der Waals surface area contributed by atoms with E-state index in [1.807, 2.05) is 0 Å². The van der Waals surface area contributed by atoms with E-state index >= 15 is 0 Å². The second kappa shape index (κ2) is 4.01. The van der Waals surface area contributed by atoms with Crippen molar-refractivity contribution in [3.8, 4) is 0 Å². The van der Waals surface area contributed by atoms with Gasteiger partial charge in [0.25, 0.3) is 10.1 Å². The third-order valence-corrected chi connectivity index (χ3v) is 3.52.